The topological polar surface area (TPSA) is 46.3 Å². The van der Waals surface area contributed by atoms with E-state index in [4.69, 9.17) is 5.73 Å². The Balaban J connectivity index is 2.03. The number of carbonyl (C=O) groups excluding carboxylic acids is 1. The Labute approximate surface area is 123 Å². The highest BCUT2D eigenvalue weighted by Crippen LogP contribution is 2.36. The molecule has 1 aliphatic rings. The monoisotopic (exact) mass is 284 g/mol. The van der Waals surface area contributed by atoms with Crippen molar-refractivity contribution in [2.45, 2.75) is 25.4 Å². The van der Waals surface area contributed by atoms with Crippen LogP contribution in [-0.2, 0) is 0 Å². The molecular weight excluding hydrogens is 267 g/mol. The fraction of sp³-hybridized carbons (Fsp3) is 0.235. The molecule has 3 nitrogen and oxygen atoms in total. The zero-order valence-corrected chi connectivity index (χ0v) is 11.8. The molecule has 0 saturated carbocycles. The quantitative estimate of drug-likeness (QED) is 0.873. The van der Waals surface area contributed by atoms with Crippen LogP contribution in [0.3, 0.4) is 0 Å². The van der Waals surface area contributed by atoms with Gasteiger partial charge in [-0.05, 0) is 49.2 Å². The van der Waals surface area contributed by atoms with Crippen molar-refractivity contribution < 1.29 is 9.18 Å². The first-order valence-corrected chi connectivity index (χ1v) is 7.01. The van der Waals surface area contributed by atoms with Gasteiger partial charge in [-0.3, -0.25) is 4.79 Å². The van der Waals surface area contributed by atoms with E-state index in [9.17, 15) is 9.18 Å². The Kier molecular flexibility index (Phi) is 3.47. The molecule has 0 spiro atoms. The maximum absolute atomic E-state index is 13.0. The molecule has 0 saturated heterocycles. The summed E-state index contributed by atoms with van der Waals surface area (Å²) in [7, 11) is 0. The lowest BCUT2D eigenvalue weighted by Crippen LogP contribution is -2.44. The van der Waals surface area contributed by atoms with Gasteiger partial charge < -0.3 is 10.6 Å². The standard InChI is InChI=1S/C17H17FN2O/c1-11-10-15(19)14-4-2-3-5-16(14)20(11)17(21)12-6-8-13(18)9-7-12/h2-9,11,15H,10,19H2,1H3. The van der Waals surface area contributed by atoms with Crippen LogP contribution in [0.2, 0.25) is 0 Å². The van der Waals surface area contributed by atoms with Crippen LogP contribution in [0.5, 0.6) is 0 Å². The minimum Gasteiger partial charge on any atom is -0.324 e. The average Bonchev–Trinajstić information content (AvgIpc) is 2.48. The minimum absolute atomic E-state index is 0.00690. The summed E-state index contributed by atoms with van der Waals surface area (Å²) in [6.45, 7) is 1.98. The summed E-state index contributed by atoms with van der Waals surface area (Å²) in [4.78, 5) is 14.5. The Morgan fingerprint density at radius 1 is 1.19 bits per heavy atom. The van der Waals surface area contributed by atoms with Crippen molar-refractivity contribution in [1.29, 1.82) is 0 Å². The van der Waals surface area contributed by atoms with Gasteiger partial charge in [-0.2, -0.15) is 0 Å². The van der Waals surface area contributed by atoms with E-state index >= 15 is 0 Å². The number of nitrogens with zero attached hydrogens (tertiary/aromatic N) is 1. The van der Waals surface area contributed by atoms with Gasteiger partial charge in [-0.25, -0.2) is 4.39 Å². The molecule has 2 unspecified atom stereocenters. The highest BCUT2D eigenvalue weighted by Gasteiger charge is 2.32. The predicted octanol–water partition coefficient (Wildman–Crippen LogP) is 3.26. The molecule has 0 fully saturated rings. The maximum atomic E-state index is 13.0. The fourth-order valence-electron chi connectivity index (χ4n) is 2.90. The van der Waals surface area contributed by atoms with Gasteiger partial charge in [0.2, 0.25) is 0 Å². The van der Waals surface area contributed by atoms with Gasteiger partial charge in [0.25, 0.3) is 5.91 Å². The van der Waals surface area contributed by atoms with Crippen LogP contribution in [-0.4, -0.2) is 11.9 Å². The average molecular weight is 284 g/mol. The Morgan fingerprint density at radius 3 is 2.57 bits per heavy atom. The molecule has 0 bridgehead atoms. The van der Waals surface area contributed by atoms with Crippen LogP contribution < -0.4 is 10.6 Å². The summed E-state index contributed by atoms with van der Waals surface area (Å²) in [5.74, 6) is -0.470. The molecule has 3 rings (SSSR count). The Morgan fingerprint density at radius 2 is 1.86 bits per heavy atom. The number of nitrogens with two attached hydrogens (primary N) is 1. The zero-order chi connectivity index (χ0) is 15.0. The molecule has 2 aromatic carbocycles. The SMILES string of the molecule is CC1CC(N)c2ccccc2N1C(=O)c1ccc(F)cc1. The van der Waals surface area contributed by atoms with Crippen molar-refractivity contribution in [2.24, 2.45) is 5.73 Å². The summed E-state index contributed by atoms with van der Waals surface area (Å²) in [6.07, 6.45) is 0.712. The molecule has 2 atom stereocenters. The van der Waals surface area contributed by atoms with Gasteiger partial charge in [0.05, 0.1) is 0 Å². The van der Waals surface area contributed by atoms with Gasteiger partial charge >= 0.3 is 0 Å². The Bertz CT molecular complexity index is 669. The van der Waals surface area contributed by atoms with Gasteiger partial charge in [-0.1, -0.05) is 18.2 Å². The molecule has 0 aliphatic carbocycles. The first-order chi connectivity index (χ1) is 10.1. The molecule has 1 heterocycles. The molecular formula is C17H17FN2O. The van der Waals surface area contributed by atoms with E-state index < -0.39 is 0 Å². The second-order valence-corrected chi connectivity index (χ2v) is 5.43. The van der Waals surface area contributed by atoms with E-state index in [2.05, 4.69) is 0 Å². The lowest BCUT2D eigenvalue weighted by molar-refractivity contribution is 0.0973. The van der Waals surface area contributed by atoms with Crippen molar-refractivity contribution in [3.8, 4) is 0 Å². The second-order valence-electron chi connectivity index (χ2n) is 5.43. The minimum atomic E-state index is -0.347. The molecule has 21 heavy (non-hydrogen) atoms. The van der Waals surface area contributed by atoms with Gasteiger partial charge in [0.15, 0.2) is 0 Å². The molecule has 1 amide bonds. The number of hydrogen-bond donors (Lipinski definition) is 1. The summed E-state index contributed by atoms with van der Waals surface area (Å²) >= 11 is 0. The number of para-hydroxylation sites is 1. The number of benzene rings is 2. The van der Waals surface area contributed by atoms with E-state index in [1.165, 1.54) is 24.3 Å². The summed E-state index contributed by atoms with van der Waals surface area (Å²) in [5, 5.41) is 0. The zero-order valence-electron chi connectivity index (χ0n) is 11.8. The van der Waals surface area contributed by atoms with Crippen molar-refractivity contribution in [1.82, 2.24) is 0 Å². The molecule has 4 heteroatoms. The molecule has 108 valence electrons. The number of halogens is 1. The van der Waals surface area contributed by atoms with Crippen LogP contribution in [0.1, 0.15) is 35.3 Å². The van der Waals surface area contributed by atoms with E-state index in [0.717, 1.165) is 11.3 Å². The maximum Gasteiger partial charge on any atom is 0.258 e. The van der Waals surface area contributed by atoms with Crippen LogP contribution in [0.15, 0.2) is 48.5 Å². The van der Waals surface area contributed by atoms with Crippen molar-refractivity contribution >= 4 is 11.6 Å². The number of carbonyl (C=O) groups is 1. The number of anilines is 1. The smallest absolute Gasteiger partial charge is 0.258 e. The Hall–Kier alpha value is -2.20. The number of amides is 1. The van der Waals surface area contributed by atoms with Crippen molar-refractivity contribution in [3.05, 3.63) is 65.5 Å². The van der Waals surface area contributed by atoms with Crippen LogP contribution >= 0.6 is 0 Å². The lowest BCUT2D eigenvalue weighted by atomic mass is 9.92. The van der Waals surface area contributed by atoms with Crippen molar-refractivity contribution in [3.63, 3.8) is 0 Å². The lowest BCUT2D eigenvalue weighted by Gasteiger charge is -2.38. The third kappa shape index (κ3) is 2.43. The fourth-order valence-corrected chi connectivity index (χ4v) is 2.90. The summed E-state index contributed by atoms with van der Waals surface area (Å²) in [6, 6.07) is 13.3. The van der Waals surface area contributed by atoms with E-state index in [-0.39, 0.29) is 23.8 Å². The second kappa shape index (κ2) is 5.30. The van der Waals surface area contributed by atoms with Crippen LogP contribution in [0.25, 0.3) is 0 Å². The number of hydrogen-bond acceptors (Lipinski definition) is 2. The first kappa shape index (κ1) is 13.8. The number of fused-ring (bicyclic) bond motifs is 1. The van der Waals surface area contributed by atoms with Crippen LogP contribution in [0, 0.1) is 5.82 Å². The van der Waals surface area contributed by atoms with Crippen molar-refractivity contribution in [2.75, 3.05) is 4.90 Å². The summed E-state index contributed by atoms with van der Waals surface area (Å²) < 4.78 is 13.0. The molecule has 1 aliphatic heterocycles. The molecule has 2 N–H and O–H groups in total. The van der Waals surface area contributed by atoms with Gasteiger partial charge in [0.1, 0.15) is 5.82 Å². The summed E-state index contributed by atoms with van der Waals surface area (Å²) in [5.41, 5.74) is 8.47. The molecule has 2 aromatic rings. The highest BCUT2D eigenvalue weighted by molar-refractivity contribution is 6.07. The third-order valence-electron chi connectivity index (χ3n) is 3.94. The predicted molar refractivity (Wildman–Crippen MR) is 80.7 cm³/mol. The number of rotatable bonds is 1. The van der Waals surface area contributed by atoms with E-state index in [1.807, 2.05) is 31.2 Å². The highest BCUT2D eigenvalue weighted by atomic mass is 19.1. The van der Waals surface area contributed by atoms with Gasteiger partial charge in [0, 0.05) is 23.3 Å². The van der Waals surface area contributed by atoms with Crippen LogP contribution in [0.4, 0.5) is 10.1 Å². The molecule has 0 aromatic heterocycles. The third-order valence-corrected chi connectivity index (χ3v) is 3.94. The normalized spacial score (nSPS) is 21.0. The largest absolute Gasteiger partial charge is 0.324 e. The van der Waals surface area contributed by atoms with E-state index in [0.29, 0.717) is 12.0 Å². The van der Waals surface area contributed by atoms with Gasteiger partial charge in [-0.15, -0.1) is 0 Å². The molecule has 0 radical (unpaired) electrons. The van der Waals surface area contributed by atoms with E-state index in [1.54, 1.807) is 4.90 Å². The first-order valence-electron chi connectivity index (χ1n) is 7.01.